The van der Waals surface area contributed by atoms with Gasteiger partial charge in [-0.25, -0.2) is 31.3 Å². The monoisotopic (exact) mass is 1390 g/mol. The number of hydrogen-bond donors (Lipinski definition) is 5. The number of urea groups is 1. The molecule has 0 spiro atoms. The van der Waals surface area contributed by atoms with Crippen molar-refractivity contribution in [2.24, 2.45) is 5.73 Å². The van der Waals surface area contributed by atoms with E-state index in [9.17, 15) is 46.4 Å². The number of carbonyl (C=O) groups excluding carboxylic acids is 7. The van der Waals surface area contributed by atoms with Gasteiger partial charge in [0, 0.05) is 48.6 Å². The van der Waals surface area contributed by atoms with Gasteiger partial charge in [0.25, 0.3) is 10.0 Å². The Labute approximate surface area is 530 Å². The minimum absolute atomic E-state index is 0.00185. The zero-order chi connectivity index (χ0) is 65.5. The van der Waals surface area contributed by atoms with E-state index in [4.69, 9.17) is 34.2 Å². The van der Waals surface area contributed by atoms with E-state index in [2.05, 4.69) is 39.6 Å². The third kappa shape index (κ3) is 20.1. The van der Waals surface area contributed by atoms with Crippen LogP contribution in [0.4, 0.5) is 34.5 Å². The maximum absolute atomic E-state index is 15.8. The number of methoxy groups -OCH3 is 2. The Balaban J connectivity index is 1.09. The minimum atomic E-state index is -5.10. The van der Waals surface area contributed by atoms with Crippen molar-refractivity contribution in [1.29, 1.82) is 0 Å². The molecule has 1 aliphatic rings. The van der Waals surface area contributed by atoms with E-state index in [0.717, 1.165) is 45.2 Å². The summed E-state index contributed by atoms with van der Waals surface area (Å²) in [5, 5.41) is 16.6. The van der Waals surface area contributed by atoms with Crippen LogP contribution < -0.4 is 34.3 Å². The number of nitrogens with one attached hydrogen (secondary N) is 4. The van der Waals surface area contributed by atoms with Crippen molar-refractivity contribution in [2.45, 2.75) is 54.6 Å². The molecule has 27 nitrogen and oxygen atoms in total. The fourth-order valence-electron chi connectivity index (χ4n) is 8.78. The third-order valence-corrected chi connectivity index (χ3v) is 20.2. The molecule has 0 saturated heterocycles. The number of imide groups is 1. The van der Waals surface area contributed by atoms with E-state index in [1.807, 2.05) is 6.07 Å². The molecular formula is C60H69F2IN12O15S. The first-order chi connectivity index (χ1) is 43.8. The zero-order valence-electron chi connectivity index (χ0n) is 50.1. The molecule has 4 heterocycles. The molecule has 6 aromatic rings. The predicted octanol–water partition coefficient (Wildman–Crippen LogP) is 6.25. The zero-order valence-corrected chi connectivity index (χ0v) is 53.1. The second-order valence-electron chi connectivity index (χ2n) is 20.0. The summed E-state index contributed by atoms with van der Waals surface area (Å²) in [5.74, 6) is -4.78. The predicted molar refractivity (Wildman–Crippen MR) is 337 cm³/mol. The van der Waals surface area contributed by atoms with Crippen molar-refractivity contribution >= 4 is 92.1 Å². The van der Waals surface area contributed by atoms with E-state index in [0.29, 0.717) is 44.6 Å². The summed E-state index contributed by atoms with van der Waals surface area (Å²) in [4.78, 5) is 100. The number of nitrogens with two attached hydrogens (primary N) is 1. The number of aromatic nitrogens is 4. The van der Waals surface area contributed by atoms with Crippen LogP contribution in [0.1, 0.15) is 38.7 Å². The van der Waals surface area contributed by atoms with Crippen molar-refractivity contribution in [2.75, 3.05) is 96.4 Å². The van der Waals surface area contributed by atoms with Gasteiger partial charge in [0.2, 0.25) is 5.88 Å². The molecule has 31 heteroatoms. The van der Waals surface area contributed by atoms with E-state index >= 15 is 4.39 Å². The average Bonchev–Trinajstić information content (AvgIpc) is 1.19. The number of benzene rings is 3. The van der Waals surface area contributed by atoms with Crippen molar-refractivity contribution in [3.8, 4) is 28.1 Å². The van der Waals surface area contributed by atoms with Crippen LogP contribution >= 0.6 is 20.1 Å². The first-order valence-electron chi connectivity index (χ1n) is 28.3. The van der Waals surface area contributed by atoms with E-state index in [-0.39, 0.29) is 99.7 Å². The number of rotatable bonds is 35. The SMILES string of the molecule is COCCOCCOCCN(CN(c1cc(-c2ccc3nccc(-c4ccnnc4)c3c2)cnc1OC)S(=O)(=O)c1ccc(F)cc1F)C(=O)OCc1ccc(NC(=O)[C@H](CCCNC(N)=O)NC(=O)I(NC(=O)CCOCCN2C(=O)C=CC2=O)C(C)C)cc1. The van der Waals surface area contributed by atoms with Crippen LogP contribution in [-0.4, -0.2) is 175 Å². The number of primary amides is 1. The number of sulfonamides is 1. The molecule has 0 unspecified atom stereocenters. The number of pyridine rings is 2. The van der Waals surface area contributed by atoms with Gasteiger partial charge in [-0.2, -0.15) is 10.2 Å². The van der Waals surface area contributed by atoms with Crippen LogP contribution in [0.15, 0.2) is 121 Å². The Morgan fingerprint density at radius 3 is 2.21 bits per heavy atom. The molecule has 91 heavy (non-hydrogen) atoms. The van der Waals surface area contributed by atoms with Gasteiger partial charge in [-0.1, -0.05) is 6.07 Å². The molecule has 6 N–H and O–H groups in total. The van der Waals surface area contributed by atoms with Gasteiger partial charge in [0.05, 0.1) is 58.1 Å². The van der Waals surface area contributed by atoms with Gasteiger partial charge in [0.15, 0.2) is 0 Å². The Hall–Kier alpha value is -8.89. The standard InChI is InChI=1S/C60H69F2IN12O15S/c1-39(2)63(72-53(76)19-25-87-27-24-74-54(77)15-16-55(74)78)58(80)71-50(6-5-20-66-59(64)81)56(79)70-45-11-7-40(8-12-45)37-90-60(82)73(23-26-88-30-31-89-29-28-85-3)38-75(91(83,84)52-14-10-44(61)34-48(52)62)51-33-43(35-67-57(51)86-4)41-9-13-49-47(32-41)46(18-21-65-49)42-17-22-68-69-36-42/h7-18,21-22,32-36,39,50H,5-6,19-20,23-31,37-38H2,1-4H3,(H,70,79)(H,71,80)(H,72,76)(H3,64,66,81)/t50-/m0/s1. The van der Waals surface area contributed by atoms with Crippen molar-refractivity contribution < 1.29 is 79.2 Å². The van der Waals surface area contributed by atoms with Gasteiger partial charge in [-0.15, -0.1) is 0 Å². The number of anilines is 2. The number of amides is 8. The number of halogens is 3. The Bertz CT molecular complexity index is 3660. The maximum atomic E-state index is 15.8. The number of hydrogen-bond acceptors (Lipinski definition) is 19. The molecule has 0 aliphatic carbocycles. The first kappa shape index (κ1) is 69.6. The fourth-order valence-corrected chi connectivity index (χ4v) is 13.9. The number of fused-ring (bicyclic) bond motifs is 1. The molecule has 0 bridgehead atoms. The molecule has 3 aromatic heterocycles. The second kappa shape index (κ2) is 34.3. The van der Waals surface area contributed by atoms with E-state index in [1.165, 1.54) is 50.7 Å². The molecule has 7 rings (SSSR count). The van der Waals surface area contributed by atoms with Crippen molar-refractivity contribution in [3.63, 3.8) is 0 Å². The quantitative estimate of drug-likeness (QED) is 0.00428. The molecule has 1 atom stereocenters. The number of carbonyl (C=O) groups is 7. The van der Waals surface area contributed by atoms with Gasteiger partial charge in [-0.3, -0.25) is 9.88 Å². The van der Waals surface area contributed by atoms with Crippen LogP contribution in [-0.2, 0) is 59.5 Å². The van der Waals surface area contributed by atoms with Gasteiger partial charge < -0.3 is 18.9 Å². The summed E-state index contributed by atoms with van der Waals surface area (Å²) in [7, 11) is -2.34. The summed E-state index contributed by atoms with van der Waals surface area (Å²) >= 11 is -3.06. The Kier molecular flexibility index (Phi) is 26.3. The molecule has 486 valence electrons. The third-order valence-electron chi connectivity index (χ3n) is 13.4. The van der Waals surface area contributed by atoms with Crippen molar-refractivity contribution in [1.82, 2.24) is 44.1 Å². The van der Waals surface area contributed by atoms with Gasteiger partial charge in [-0.05, 0) is 53.6 Å². The first-order valence-corrected chi connectivity index (χ1v) is 33.2. The summed E-state index contributed by atoms with van der Waals surface area (Å²) in [5.41, 5.74) is 8.68. The van der Waals surface area contributed by atoms with E-state index < -0.39 is 106 Å². The summed E-state index contributed by atoms with van der Waals surface area (Å²) in [6.45, 7) is 2.58. The molecule has 0 fully saturated rings. The fraction of sp³-hybridized carbons (Fsp3) is 0.350. The van der Waals surface area contributed by atoms with Crippen molar-refractivity contribution in [3.05, 3.63) is 133 Å². The number of nitrogens with zero attached hydrogens (tertiary/aromatic N) is 7. The van der Waals surface area contributed by atoms with Crippen LogP contribution in [0.3, 0.4) is 0 Å². The van der Waals surface area contributed by atoms with Crippen LogP contribution in [0.5, 0.6) is 5.88 Å². The summed E-state index contributed by atoms with van der Waals surface area (Å²) in [6.07, 6.45) is 7.59. The molecule has 3 aromatic carbocycles. The molecule has 1 aliphatic heterocycles. The summed E-state index contributed by atoms with van der Waals surface area (Å²) in [6, 6.07) is 16.4. The number of alkyl halides is 1. The normalized spacial score (nSPS) is 12.6. The van der Waals surface area contributed by atoms with E-state index in [1.54, 1.807) is 56.7 Å². The summed E-state index contributed by atoms with van der Waals surface area (Å²) < 4.78 is 96.1. The van der Waals surface area contributed by atoms with Gasteiger partial charge in [0.1, 0.15) is 28.9 Å². The van der Waals surface area contributed by atoms with Crippen LogP contribution in [0.25, 0.3) is 33.2 Å². The van der Waals surface area contributed by atoms with Crippen LogP contribution in [0.2, 0.25) is 0 Å². The topological polar surface area (TPSA) is 344 Å². The molecular weight excluding hydrogens is 1330 g/mol. The Morgan fingerprint density at radius 2 is 1.52 bits per heavy atom. The van der Waals surface area contributed by atoms with Crippen LogP contribution in [0, 0.1) is 11.6 Å². The molecule has 0 saturated carbocycles. The average molecular weight is 1400 g/mol. The number of ether oxygens (including phenoxy) is 6. The Morgan fingerprint density at radius 1 is 0.780 bits per heavy atom. The molecule has 0 radical (unpaired) electrons. The molecule has 8 amide bonds. The second-order valence-corrected chi connectivity index (χ2v) is 27.7. The van der Waals surface area contributed by atoms with Gasteiger partial charge >= 0.3 is 252 Å².